The van der Waals surface area contributed by atoms with E-state index in [-0.39, 0.29) is 26.2 Å². The Kier molecular flexibility index (Phi) is 8.35. The predicted octanol–water partition coefficient (Wildman–Crippen LogP) is 2.93. The van der Waals surface area contributed by atoms with Crippen LogP contribution in [-0.2, 0) is 14.3 Å². The molecule has 4 N–H and O–H groups in total. The lowest BCUT2D eigenvalue weighted by atomic mass is 10.0. The molecular weight excluding hydrogens is 476 g/mol. The molecule has 1 unspecified atom stereocenters. The van der Waals surface area contributed by atoms with Crippen LogP contribution >= 0.6 is 31.9 Å². The van der Waals surface area contributed by atoms with E-state index in [4.69, 9.17) is 0 Å². The normalized spacial score (nSPS) is 13.0. The summed E-state index contributed by atoms with van der Waals surface area (Å²) in [5.41, 5.74) is 0.225. The van der Waals surface area contributed by atoms with Crippen molar-refractivity contribution < 1.29 is 29.3 Å². The number of methoxy groups -OCH3 is 1. The molecule has 1 aromatic carbocycles. The largest absolute Gasteiger partial charge is 0.506 e. The highest BCUT2D eigenvalue weighted by Crippen LogP contribution is 2.35. The summed E-state index contributed by atoms with van der Waals surface area (Å²) in [5, 5.41) is 23.9. The molecule has 0 spiro atoms. The van der Waals surface area contributed by atoms with Crippen molar-refractivity contribution >= 4 is 49.8 Å². The van der Waals surface area contributed by atoms with Crippen LogP contribution in [0.3, 0.4) is 0 Å². The van der Waals surface area contributed by atoms with E-state index in [0.717, 1.165) is 0 Å². The second-order valence-corrected chi connectivity index (χ2v) is 7.64. The van der Waals surface area contributed by atoms with Crippen LogP contribution in [0.1, 0.15) is 31.9 Å². The van der Waals surface area contributed by atoms with Crippen LogP contribution in [0, 0.1) is 5.92 Å². The molecule has 26 heavy (non-hydrogen) atoms. The number of amides is 2. The number of ether oxygens (including phenoxy) is 1. The zero-order chi connectivity index (χ0) is 20.0. The molecule has 0 fully saturated rings. The fourth-order valence-electron chi connectivity index (χ4n) is 2.20. The van der Waals surface area contributed by atoms with Gasteiger partial charge in [-0.05, 0) is 61.9 Å². The maximum absolute atomic E-state index is 12.2. The number of urea groups is 1. The van der Waals surface area contributed by atoms with Crippen molar-refractivity contribution in [3.63, 3.8) is 0 Å². The van der Waals surface area contributed by atoms with Crippen molar-refractivity contribution in [3.8, 4) is 5.75 Å². The molecule has 0 heterocycles. The minimum absolute atomic E-state index is 0.0926. The Labute approximate surface area is 167 Å². The van der Waals surface area contributed by atoms with Gasteiger partial charge in [-0.1, -0.05) is 13.8 Å². The highest BCUT2D eigenvalue weighted by atomic mass is 79.9. The molecule has 1 rings (SSSR count). The fourth-order valence-corrected chi connectivity index (χ4v) is 3.42. The summed E-state index contributed by atoms with van der Waals surface area (Å²) in [5.74, 6) is -1.90. The summed E-state index contributed by atoms with van der Waals surface area (Å²) in [6.45, 7) is 3.75. The van der Waals surface area contributed by atoms with Crippen LogP contribution in [-0.4, -0.2) is 41.3 Å². The summed E-state index contributed by atoms with van der Waals surface area (Å²) in [6.07, 6.45) is 0.341. The van der Waals surface area contributed by atoms with E-state index in [9.17, 15) is 24.6 Å². The Morgan fingerprint density at radius 3 is 2.12 bits per heavy atom. The zero-order valence-corrected chi connectivity index (χ0v) is 17.5. The number of phenols is 1. The predicted molar refractivity (Wildman–Crippen MR) is 101 cm³/mol. The number of rotatable bonds is 7. The first-order valence-electron chi connectivity index (χ1n) is 7.62. The van der Waals surface area contributed by atoms with Crippen molar-refractivity contribution in [1.29, 1.82) is 0 Å². The third-order valence-electron chi connectivity index (χ3n) is 3.39. The molecule has 0 aliphatic rings. The number of hydrogen-bond donors (Lipinski definition) is 4. The molecule has 0 aliphatic carbocycles. The van der Waals surface area contributed by atoms with Gasteiger partial charge in [0.05, 0.1) is 16.1 Å². The summed E-state index contributed by atoms with van der Waals surface area (Å²) in [7, 11) is 1.21. The summed E-state index contributed by atoms with van der Waals surface area (Å²) >= 11 is 6.23. The number of aliphatic carboxylic acids is 1. The molecule has 2 atom stereocenters. The zero-order valence-electron chi connectivity index (χ0n) is 14.4. The van der Waals surface area contributed by atoms with E-state index in [2.05, 4.69) is 47.2 Å². The number of carboxylic acid groups (broad SMARTS) is 1. The Hall–Kier alpha value is -1.81. The van der Waals surface area contributed by atoms with Gasteiger partial charge in [-0.3, -0.25) is 0 Å². The van der Waals surface area contributed by atoms with Gasteiger partial charge >= 0.3 is 18.0 Å². The molecule has 0 saturated carbocycles. The van der Waals surface area contributed by atoms with Gasteiger partial charge in [0, 0.05) is 0 Å². The third kappa shape index (κ3) is 6.17. The number of carbonyl (C=O) groups excluding carboxylic acids is 2. The highest BCUT2D eigenvalue weighted by Gasteiger charge is 2.27. The van der Waals surface area contributed by atoms with E-state index in [0.29, 0.717) is 6.42 Å². The van der Waals surface area contributed by atoms with E-state index >= 15 is 0 Å². The summed E-state index contributed by atoms with van der Waals surface area (Å²) in [4.78, 5) is 35.6. The lowest BCUT2D eigenvalue weighted by Crippen LogP contribution is -2.49. The molecule has 10 heteroatoms. The second-order valence-electron chi connectivity index (χ2n) is 5.93. The van der Waals surface area contributed by atoms with E-state index in [1.54, 1.807) is 0 Å². The molecule has 0 radical (unpaired) electrons. The lowest BCUT2D eigenvalue weighted by molar-refractivity contribution is -0.143. The number of esters is 1. The van der Waals surface area contributed by atoms with Crippen LogP contribution in [0.25, 0.3) is 0 Å². The Bertz CT molecular complexity index is 672. The van der Waals surface area contributed by atoms with Crippen molar-refractivity contribution in [2.24, 2.45) is 5.92 Å². The van der Waals surface area contributed by atoms with E-state index < -0.39 is 30.1 Å². The molecule has 0 aromatic heterocycles. The first-order valence-corrected chi connectivity index (χ1v) is 9.21. The smallest absolute Gasteiger partial charge is 0.330 e. The Balaban J connectivity index is 2.98. The highest BCUT2D eigenvalue weighted by molar-refractivity contribution is 9.11. The topological polar surface area (TPSA) is 125 Å². The van der Waals surface area contributed by atoms with Gasteiger partial charge in [-0.25, -0.2) is 14.4 Å². The average molecular weight is 496 g/mol. The first kappa shape index (κ1) is 22.2. The number of benzene rings is 1. The minimum Gasteiger partial charge on any atom is -0.506 e. The quantitative estimate of drug-likeness (QED) is 0.431. The minimum atomic E-state index is -1.39. The molecule has 1 aromatic rings. The molecular formula is C16H20Br2N2O6. The van der Waals surface area contributed by atoms with Crippen molar-refractivity contribution in [2.45, 2.75) is 32.4 Å². The van der Waals surface area contributed by atoms with Gasteiger partial charge in [0.2, 0.25) is 0 Å². The number of phenolic OH excluding ortho intramolecular Hbond substituents is 1. The standard InChI is InChI=1S/C16H20Br2N2O6/c1-7(2)4-11(15(24)26-3)19-16(25)20-12(14(22)23)8-5-9(17)13(21)10(18)6-8/h5-7,11-12,21H,4H2,1-3H3,(H,22,23)(H2,19,20,25)/t11-,12?/m0/s1. The molecule has 0 bridgehead atoms. The number of hydrogen-bond acceptors (Lipinski definition) is 5. The molecule has 144 valence electrons. The van der Waals surface area contributed by atoms with Crippen LogP contribution in [0.15, 0.2) is 21.1 Å². The van der Waals surface area contributed by atoms with Crippen LogP contribution in [0.5, 0.6) is 5.75 Å². The maximum atomic E-state index is 12.2. The van der Waals surface area contributed by atoms with Crippen molar-refractivity contribution in [2.75, 3.05) is 7.11 Å². The Morgan fingerprint density at radius 1 is 1.15 bits per heavy atom. The van der Waals surface area contributed by atoms with Crippen LogP contribution in [0.4, 0.5) is 4.79 Å². The maximum Gasteiger partial charge on any atom is 0.330 e. The number of halogens is 2. The SMILES string of the molecule is COC(=O)[C@H](CC(C)C)NC(=O)NC(C(=O)O)c1cc(Br)c(O)c(Br)c1. The fraction of sp³-hybridized carbons (Fsp3) is 0.438. The molecule has 2 amide bonds. The van der Waals surface area contributed by atoms with Gasteiger partial charge in [0.25, 0.3) is 0 Å². The monoisotopic (exact) mass is 494 g/mol. The van der Waals surface area contributed by atoms with Gasteiger partial charge in [-0.15, -0.1) is 0 Å². The van der Waals surface area contributed by atoms with Crippen LogP contribution in [0.2, 0.25) is 0 Å². The lowest BCUT2D eigenvalue weighted by Gasteiger charge is -2.21. The summed E-state index contributed by atoms with van der Waals surface area (Å²) < 4.78 is 5.19. The van der Waals surface area contributed by atoms with Crippen molar-refractivity contribution in [1.82, 2.24) is 10.6 Å². The number of carbonyl (C=O) groups is 3. The molecule has 8 nitrogen and oxygen atoms in total. The van der Waals surface area contributed by atoms with Gasteiger partial charge in [0.15, 0.2) is 6.04 Å². The number of aromatic hydroxyl groups is 1. The van der Waals surface area contributed by atoms with Crippen molar-refractivity contribution in [3.05, 3.63) is 26.6 Å². The van der Waals surface area contributed by atoms with E-state index in [1.807, 2.05) is 13.8 Å². The van der Waals surface area contributed by atoms with Gasteiger partial charge < -0.3 is 25.6 Å². The van der Waals surface area contributed by atoms with E-state index in [1.165, 1.54) is 19.2 Å². The Morgan fingerprint density at radius 2 is 1.69 bits per heavy atom. The number of carboxylic acids is 1. The number of nitrogens with one attached hydrogen (secondary N) is 2. The third-order valence-corrected chi connectivity index (χ3v) is 4.60. The average Bonchev–Trinajstić information content (AvgIpc) is 2.55. The second kappa shape index (κ2) is 9.77. The summed E-state index contributed by atoms with van der Waals surface area (Å²) in [6, 6.07) is -0.349. The first-order chi connectivity index (χ1) is 12.1. The van der Waals surface area contributed by atoms with Gasteiger partial charge in [0.1, 0.15) is 11.8 Å². The van der Waals surface area contributed by atoms with Gasteiger partial charge in [-0.2, -0.15) is 0 Å². The molecule has 0 saturated heterocycles. The molecule has 0 aliphatic heterocycles. The van der Waals surface area contributed by atoms with Crippen LogP contribution < -0.4 is 10.6 Å².